The summed E-state index contributed by atoms with van der Waals surface area (Å²) in [4.78, 5) is 32.3. The van der Waals surface area contributed by atoms with E-state index in [1.807, 2.05) is 25.2 Å². The molecule has 174 valence electrons. The van der Waals surface area contributed by atoms with E-state index >= 15 is 0 Å². The fourth-order valence-electron chi connectivity index (χ4n) is 3.87. The Morgan fingerprint density at radius 1 is 1.03 bits per heavy atom. The van der Waals surface area contributed by atoms with E-state index < -0.39 is 17.9 Å². The Morgan fingerprint density at radius 3 is 2.33 bits per heavy atom. The Hall–Kier alpha value is -3.16. The summed E-state index contributed by atoms with van der Waals surface area (Å²) in [6, 6.07) is 15.2. The number of esters is 2. The van der Waals surface area contributed by atoms with Crippen LogP contribution >= 0.6 is 11.6 Å². The molecule has 1 atom stereocenters. The zero-order valence-corrected chi connectivity index (χ0v) is 20.0. The van der Waals surface area contributed by atoms with E-state index in [2.05, 4.69) is 27.3 Å². The molecular weight excluding hydrogens is 442 g/mol. The average molecular weight is 470 g/mol. The van der Waals surface area contributed by atoms with Crippen molar-refractivity contribution in [3.63, 3.8) is 0 Å². The summed E-state index contributed by atoms with van der Waals surface area (Å²) in [6.45, 7) is 5.02. The molecule has 0 saturated carbocycles. The molecular formula is C25H28ClN3O4. The van der Waals surface area contributed by atoms with Gasteiger partial charge in [0.1, 0.15) is 11.8 Å². The molecule has 0 amide bonds. The topological polar surface area (TPSA) is 80.8 Å². The molecule has 1 unspecified atom stereocenters. The van der Waals surface area contributed by atoms with Gasteiger partial charge in [0, 0.05) is 24.5 Å². The summed E-state index contributed by atoms with van der Waals surface area (Å²) in [7, 11) is 3.27. The maximum Gasteiger partial charge on any atom is 0.336 e. The third-order valence-corrected chi connectivity index (χ3v) is 5.63. The summed E-state index contributed by atoms with van der Waals surface area (Å²) in [6.07, 6.45) is 0. The number of rotatable bonds is 8. The minimum Gasteiger partial charge on any atom is -0.466 e. The van der Waals surface area contributed by atoms with E-state index in [-0.39, 0.29) is 11.8 Å². The molecule has 1 aliphatic heterocycles. The lowest BCUT2D eigenvalue weighted by atomic mass is 9.83. The molecule has 8 heteroatoms. The minimum atomic E-state index is -0.757. The van der Waals surface area contributed by atoms with Gasteiger partial charge < -0.3 is 14.8 Å². The van der Waals surface area contributed by atoms with Crippen LogP contribution in [0.25, 0.3) is 0 Å². The smallest absolute Gasteiger partial charge is 0.336 e. The molecule has 0 fully saturated rings. The number of carbonyl (C=O) groups excluding carboxylic acids is 2. The molecule has 1 aromatic carbocycles. The van der Waals surface area contributed by atoms with Crippen molar-refractivity contribution in [3.8, 4) is 0 Å². The number of nitrogens with one attached hydrogen (secondary N) is 1. The van der Waals surface area contributed by atoms with E-state index in [0.29, 0.717) is 34.8 Å². The highest BCUT2D eigenvalue weighted by molar-refractivity contribution is 6.29. The van der Waals surface area contributed by atoms with Crippen LogP contribution in [0.15, 0.2) is 71.1 Å². The predicted molar refractivity (Wildman–Crippen MR) is 126 cm³/mol. The first-order valence-corrected chi connectivity index (χ1v) is 11.0. The lowest BCUT2D eigenvalue weighted by molar-refractivity contribution is -0.139. The second-order valence-corrected chi connectivity index (χ2v) is 8.26. The van der Waals surface area contributed by atoms with Gasteiger partial charge in [-0.25, -0.2) is 14.6 Å². The maximum absolute atomic E-state index is 13.2. The number of pyridine rings is 1. The first-order valence-electron chi connectivity index (χ1n) is 10.6. The van der Waals surface area contributed by atoms with Crippen LogP contribution in [0.3, 0.4) is 0 Å². The van der Waals surface area contributed by atoms with E-state index in [1.54, 1.807) is 32.0 Å². The summed E-state index contributed by atoms with van der Waals surface area (Å²) >= 11 is 6.11. The Morgan fingerprint density at radius 2 is 1.70 bits per heavy atom. The van der Waals surface area contributed by atoms with Crippen LogP contribution in [0, 0.1) is 0 Å². The number of aromatic nitrogens is 1. The standard InChI is InChI=1S/C25H28ClN3O4/c1-16-21(24(30)32-4)23(19-11-8-12-20(26)28-19)22(17(2)27-16)25(31)33-14-13-29(3)15-18-9-6-5-7-10-18/h5-12,23,27H,13-15H2,1-4H3. The van der Waals surface area contributed by atoms with Gasteiger partial charge in [0.15, 0.2) is 0 Å². The largest absolute Gasteiger partial charge is 0.466 e. The van der Waals surface area contributed by atoms with Crippen LogP contribution in [0.1, 0.15) is 31.0 Å². The lowest BCUT2D eigenvalue weighted by Crippen LogP contribution is -2.33. The van der Waals surface area contributed by atoms with Gasteiger partial charge in [-0.05, 0) is 38.6 Å². The number of carbonyl (C=O) groups is 2. The average Bonchev–Trinajstić information content (AvgIpc) is 2.78. The Bertz CT molecular complexity index is 1080. The van der Waals surface area contributed by atoms with Gasteiger partial charge in [-0.2, -0.15) is 0 Å². The molecule has 0 radical (unpaired) electrons. The fraction of sp³-hybridized carbons (Fsp3) is 0.320. The molecule has 33 heavy (non-hydrogen) atoms. The molecule has 1 aromatic heterocycles. The van der Waals surface area contributed by atoms with Crippen LogP contribution in [0.2, 0.25) is 5.15 Å². The highest BCUT2D eigenvalue weighted by Gasteiger charge is 2.38. The Labute approximate surface area is 199 Å². The zero-order chi connectivity index (χ0) is 24.0. The van der Waals surface area contributed by atoms with Gasteiger partial charge in [-0.15, -0.1) is 0 Å². The number of nitrogens with zero attached hydrogens (tertiary/aromatic N) is 2. The van der Waals surface area contributed by atoms with Gasteiger partial charge in [0.05, 0.1) is 29.9 Å². The van der Waals surface area contributed by atoms with Crippen molar-refractivity contribution >= 4 is 23.5 Å². The normalized spacial score (nSPS) is 16.0. The predicted octanol–water partition coefficient (Wildman–Crippen LogP) is 3.82. The van der Waals surface area contributed by atoms with Gasteiger partial charge in [-0.3, -0.25) is 4.90 Å². The van der Waals surface area contributed by atoms with Crippen molar-refractivity contribution in [1.82, 2.24) is 15.2 Å². The first-order chi connectivity index (χ1) is 15.8. The van der Waals surface area contributed by atoms with Crippen LogP contribution in [-0.4, -0.2) is 49.1 Å². The number of methoxy groups -OCH3 is 1. The fourth-order valence-corrected chi connectivity index (χ4v) is 4.04. The van der Waals surface area contributed by atoms with Crippen LogP contribution in [0.5, 0.6) is 0 Å². The number of hydrogen-bond donors (Lipinski definition) is 1. The van der Waals surface area contributed by atoms with Crippen LogP contribution < -0.4 is 5.32 Å². The second-order valence-electron chi connectivity index (χ2n) is 7.87. The zero-order valence-electron chi connectivity index (χ0n) is 19.2. The summed E-state index contributed by atoms with van der Waals surface area (Å²) in [5.74, 6) is -1.83. The summed E-state index contributed by atoms with van der Waals surface area (Å²) in [5.41, 5.74) is 3.43. The number of likely N-dealkylation sites (N-methyl/N-ethyl adjacent to an activating group) is 1. The molecule has 0 aliphatic carbocycles. The molecule has 7 nitrogen and oxygen atoms in total. The third kappa shape index (κ3) is 6.00. The van der Waals surface area contributed by atoms with E-state index in [4.69, 9.17) is 21.1 Å². The number of dihydropyridines is 1. The highest BCUT2D eigenvalue weighted by atomic mass is 35.5. The van der Waals surface area contributed by atoms with Crippen molar-refractivity contribution in [2.45, 2.75) is 26.3 Å². The van der Waals surface area contributed by atoms with Crippen molar-refractivity contribution in [2.75, 3.05) is 27.3 Å². The van der Waals surface area contributed by atoms with Crippen LogP contribution in [-0.2, 0) is 25.6 Å². The number of hydrogen-bond acceptors (Lipinski definition) is 7. The molecule has 3 rings (SSSR count). The van der Waals surface area contributed by atoms with Gasteiger partial charge in [0.25, 0.3) is 0 Å². The molecule has 0 spiro atoms. The van der Waals surface area contributed by atoms with Crippen molar-refractivity contribution < 1.29 is 19.1 Å². The SMILES string of the molecule is COC(=O)C1=C(C)NC(C)=C(C(=O)OCCN(C)Cc2ccccc2)C1c1cccc(Cl)n1. The molecule has 1 N–H and O–H groups in total. The molecule has 1 aliphatic rings. The molecule has 0 saturated heterocycles. The maximum atomic E-state index is 13.2. The minimum absolute atomic E-state index is 0.199. The summed E-state index contributed by atoms with van der Waals surface area (Å²) < 4.78 is 10.6. The van der Waals surface area contributed by atoms with E-state index in [0.717, 1.165) is 6.54 Å². The second kappa shape index (κ2) is 11.1. The van der Waals surface area contributed by atoms with Crippen molar-refractivity contribution in [2.24, 2.45) is 0 Å². The quantitative estimate of drug-likeness (QED) is 0.465. The molecule has 0 bridgehead atoms. The van der Waals surface area contributed by atoms with Gasteiger partial charge in [0.2, 0.25) is 0 Å². The Balaban J connectivity index is 1.79. The van der Waals surface area contributed by atoms with Gasteiger partial charge in [-0.1, -0.05) is 48.0 Å². The van der Waals surface area contributed by atoms with Crippen molar-refractivity contribution in [3.05, 3.63) is 87.5 Å². The van der Waals surface area contributed by atoms with E-state index in [1.165, 1.54) is 12.7 Å². The van der Waals surface area contributed by atoms with E-state index in [9.17, 15) is 9.59 Å². The number of benzene rings is 1. The van der Waals surface area contributed by atoms with Crippen LogP contribution in [0.4, 0.5) is 0 Å². The Kier molecular flexibility index (Phi) is 8.25. The summed E-state index contributed by atoms with van der Waals surface area (Å²) in [5, 5.41) is 3.37. The monoisotopic (exact) mass is 469 g/mol. The number of ether oxygens (including phenoxy) is 2. The first kappa shape index (κ1) is 24.5. The number of allylic oxidation sites excluding steroid dienone is 2. The lowest BCUT2D eigenvalue weighted by Gasteiger charge is -2.29. The third-order valence-electron chi connectivity index (χ3n) is 5.42. The van der Waals surface area contributed by atoms with Gasteiger partial charge >= 0.3 is 11.9 Å². The molecule has 2 aromatic rings. The highest BCUT2D eigenvalue weighted by Crippen LogP contribution is 2.38. The van der Waals surface area contributed by atoms with Crippen molar-refractivity contribution in [1.29, 1.82) is 0 Å². The molecule has 2 heterocycles. The number of halogens is 1.